The zero-order chi connectivity index (χ0) is 15.2. The average molecular weight is 293 g/mol. The van der Waals surface area contributed by atoms with E-state index < -0.39 is 0 Å². The third-order valence-corrected chi connectivity index (χ3v) is 3.66. The Morgan fingerprint density at radius 1 is 1.43 bits per heavy atom. The van der Waals surface area contributed by atoms with Crippen molar-refractivity contribution in [2.45, 2.75) is 25.3 Å². The highest BCUT2D eigenvalue weighted by Gasteiger charge is 2.27. The van der Waals surface area contributed by atoms with Gasteiger partial charge in [0.2, 0.25) is 11.8 Å². The number of carbonyl (C=O) groups excluding carboxylic acids is 2. The fraction of sp³-hybridized carbons (Fsp3) is 0.467. The molecule has 114 valence electrons. The van der Waals surface area contributed by atoms with Gasteiger partial charge in [0.1, 0.15) is 5.82 Å². The van der Waals surface area contributed by atoms with E-state index in [1.54, 1.807) is 17.0 Å². The highest BCUT2D eigenvalue weighted by molar-refractivity contribution is 5.86. The minimum Gasteiger partial charge on any atom is -0.347 e. The molecule has 1 heterocycles. The number of nitrogens with one attached hydrogen (secondary N) is 1. The minimum atomic E-state index is -0.376. The quantitative estimate of drug-likeness (QED) is 0.827. The first-order valence-electron chi connectivity index (χ1n) is 7.11. The second-order valence-electron chi connectivity index (χ2n) is 5.20. The van der Waals surface area contributed by atoms with Crippen LogP contribution in [0.4, 0.5) is 4.39 Å². The van der Waals surface area contributed by atoms with Gasteiger partial charge < -0.3 is 16.0 Å². The van der Waals surface area contributed by atoms with Crippen molar-refractivity contribution in [3.05, 3.63) is 35.6 Å². The number of benzene rings is 1. The molecule has 6 heteroatoms. The van der Waals surface area contributed by atoms with Gasteiger partial charge in [-0.15, -0.1) is 0 Å². The second-order valence-corrected chi connectivity index (χ2v) is 5.20. The molecule has 0 spiro atoms. The van der Waals surface area contributed by atoms with Crippen LogP contribution in [0.1, 0.15) is 18.4 Å². The lowest BCUT2D eigenvalue weighted by atomic mass is 10.1. The van der Waals surface area contributed by atoms with Gasteiger partial charge in [-0.25, -0.2) is 4.39 Å². The Hall–Kier alpha value is -1.95. The molecule has 5 nitrogen and oxygen atoms in total. The molecule has 1 aromatic rings. The molecule has 0 radical (unpaired) electrons. The van der Waals surface area contributed by atoms with Gasteiger partial charge in [0.25, 0.3) is 0 Å². The van der Waals surface area contributed by atoms with E-state index in [0.29, 0.717) is 18.7 Å². The third kappa shape index (κ3) is 4.26. The average Bonchev–Trinajstić information content (AvgIpc) is 2.93. The van der Waals surface area contributed by atoms with Gasteiger partial charge in [0.15, 0.2) is 0 Å². The van der Waals surface area contributed by atoms with E-state index in [2.05, 4.69) is 5.32 Å². The number of amides is 2. The topological polar surface area (TPSA) is 75.4 Å². The van der Waals surface area contributed by atoms with Gasteiger partial charge in [0, 0.05) is 19.1 Å². The smallest absolute Gasteiger partial charge is 0.242 e. The summed E-state index contributed by atoms with van der Waals surface area (Å²) in [4.78, 5) is 25.5. The predicted molar refractivity (Wildman–Crippen MR) is 76.9 cm³/mol. The molecular weight excluding hydrogens is 273 g/mol. The summed E-state index contributed by atoms with van der Waals surface area (Å²) in [5.41, 5.74) is 6.20. The van der Waals surface area contributed by atoms with Gasteiger partial charge in [0.05, 0.1) is 13.0 Å². The molecular formula is C15H20FN3O2. The van der Waals surface area contributed by atoms with Crippen molar-refractivity contribution >= 4 is 11.8 Å². The maximum atomic E-state index is 13.0. The lowest BCUT2D eigenvalue weighted by Crippen LogP contribution is -2.45. The van der Waals surface area contributed by atoms with Crippen LogP contribution in [0.25, 0.3) is 0 Å². The normalized spacial score (nSPS) is 17.8. The molecule has 1 aromatic carbocycles. The molecule has 1 unspecified atom stereocenters. The Balaban J connectivity index is 1.80. The Morgan fingerprint density at radius 3 is 2.95 bits per heavy atom. The van der Waals surface area contributed by atoms with Gasteiger partial charge >= 0.3 is 0 Å². The maximum Gasteiger partial charge on any atom is 0.242 e. The standard InChI is InChI=1S/C15H20FN3O2/c16-12-4-1-3-11(7-12)8-14(20)18-10-15(21)19-6-2-5-13(19)9-17/h1,3-4,7,13H,2,5-6,8-10,17H2,(H,18,20). The van der Waals surface area contributed by atoms with Crippen molar-refractivity contribution in [1.82, 2.24) is 10.2 Å². The number of likely N-dealkylation sites (tertiary alicyclic amines) is 1. The highest BCUT2D eigenvalue weighted by atomic mass is 19.1. The molecule has 2 amide bonds. The monoisotopic (exact) mass is 293 g/mol. The second kappa shape index (κ2) is 7.17. The Kier molecular flexibility index (Phi) is 5.27. The number of nitrogens with two attached hydrogens (primary N) is 1. The summed E-state index contributed by atoms with van der Waals surface area (Å²) < 4.78 is 13.0. The van der Waals surface area contributed by atoms with Crippen molar-refractivity contribution < 1.29 is 14.0 Å². The van der Waals surface area contributed by atoms with Crippen molar-refractivity contribution in [3.8, 4) is 0 Å². The van der Waals surface area contributed by atoms with E-state index in [1.165, 1.54) is 12.1 Å². The van der Waals surface area contributed by atoms with Crippen LogP contribution >= 0.6 is 0 Å². The molecule has 1 atom stereocenters. The number of carbonyl (C=O) groups is 2. The van der Waals surface area contributed by atoms with Gasteiger partial charge in [-0.2, -0.15) is 0 Å². The van der Waals surface area contributed by atoms with Crippen molar-refractivity contribution in [3.63, 3.8) is 0 Å². The zero-order valence-corrected chi connectivity index (χ0v) is 11.8. The summed E-state index contributed by atoms with van der Waals surface area (Å²) >= 11 is 0. The molecule has 0 saturated carbocycles. The number of rotatable bonds is 5. The fourth-order valence-electron chi connectivity index (χ4n) is 2.58. The number of nitrogens with zero attached hydrogens (tertiary/aromatic N) is 1. The Morgan fingerprint density at radius 2 is 2.24 bits per heavy atom. The number of hydrogen-bond acceptors (Lipinski definition) is 3. The summed E-state index contributed by atoms with van der Waals surface area (Å²) in [6.07, 6.45) is 1.93. The zero-order valence-electron chi connectivity index (χ0n) is 11.8. The first-order chi connectivity index (χ1) is 10.1. The summed E-state index contributed by atoms with van der Waals surface area (Å²) in [6, 6.07) is 5.95. The molecule has 2 rings (SSSR count). The van der Waals surface area contributed by atoms with E-state index in [-0.39, 0.29) is 36.6 Å². The minimum absolute atomic E-state index is 0.0371. The molecule has 0 aliphatic carbocycles. The molecule has 1 saturated heterocycles. The first-order valence-corrected chi connectivity index (χ1v) is 7.11. The van der Waals surface area contributed by atoms with Crippen LogP contribution < -0.4 is 11.1 Å². The number of halogens is 1. The van der Waals surface area contributed by atoms with Crippen LogP contribution in [0.5, 0.6) is 0 Å². The maximum absolute atomic E-state index is 13.0. The van der Waals surface area contributed by atoms with Crippen LogP contribution in [0.15, 0.2) is 24.3 Å². The van der Waals surface area contributed by atoms with E-state index in [4.69, 9.17) is 5.73 Å². The molecule has 0 bridgehead atoms. The Bertz CT molecular complexity index is 521. The predicted octanol–water partition coefficient (Wildman–Crippen LogP) is 0.434. The van der Waals surface area contributed by atoms with Gasteiger partial charge in [-0.1, -0.05) is 12.1 Å². The molecule has 1 aliphatic heterocycles. The van der Waals surface area contributed by atoms with Crippen molar-refractivity contribution in [2.75, 3.05) is 19.6 Å². The van der Waals surface area contributed by atoms with Gasteiger partial charge in [-0.3, -0.25) is 9.59 Å². The van der Waals surface area contributed by atoms with E-state index in [0.717, 1.165) is 12.8 Å². The van der Waals surface area contributed by atoms with Gasteiger partial charge in [-0.05, 0) is 30.5 Å². The summed E-state index contributed by atoms with van der Waals surface area (Å²) in [6.45, 7) is 1.11. The summed E-state index contributed by atoms with van der Waals surface area (Å²) in [7, 11) is 0. The van der Waals surface area contributed by atoms with E-state index >= 15 is 0 Å². The summed E-state index contributed by atoms with van der Waals surface area (Å²) in [5.74, 6) is -0.785. The molecule has 1 fully saturated rings. The highest BCUT2D eigenvalue weighted by Crippen LogP contribution is 2.15. The lowest BCUT2D eigenvalue weighted by molar-refractivity contribution is -0.133. The summed E-state index contributed by atoms with van der Waals surface area (Å²) in [5, 5.41) is 2.58. The SMILES string of the molecule is NCC1CCCN1C(=O)CNC(=O)Cc1cccc(F)c1. The van der Waals surface area contributed by atoms with Crippen molar-refractivity contribution in [2.24, 2.45) is 5.73 Å². The molecule has 1 aliphatic rings. The van der Waals surface area contributed by atoms with Crippen LogP contribution in [0.2, 0.25) is 0 Å². The third-order valence-electron chi connectivity index (χ3n) is 3.66. The first kappa shape index (κ1) is 15.4. The number of hydrogen-bond donors (Lipinski definition) is 2. The van der Waals surface area contributed by atoms with Crippen LogP contribution in [-0.4, -0.2) is 42.4 Å². The molecule has 3 N–H and O–H groups in total. The molecule has 21 heavy (non-hydrogen) atoms. The van der Waals surface area contributed by atoms with Crippen LogP contribution in [0.3, 0.4) is 0 Å². The largest absolute Gasteiger partial charge is 0.347 e. The lowest BCUT2D eigenvalue weighted by Gasteiger charge is -2.23. The Labute approximate surface area is 123 Å². The fourth-order valence-corrected chi connectivity index (χ4v) is 2.58. The van der Waals surface area contributed by atoms with Crippen LogP contribution in [0, 0.1) is 5.82 Å². The van der Waals surface area contributed by atoms with Crippen LogP contribution in [-0.2, 0) is 16.0 Å². The van der Waals surface area contributed by atoms with E-state index in [1.807, 2.05) is 0 Å². The van der Waals surface area contributed by atoms with E-state index in [9.17, 15) is 14.0 Å². The molecule has 0 aromatic heterocycles. The van der Waals surface area contributed by atoms with Crippen molar-refractivity contribution in [1.29, 1.82) is 0 Å².